The molecule has 0 saturated carbocycles. The van der Waals surface area contributed by atoms with E-state index >= 15 is 0 Å². The van der Waals surface area contributed by atoms with Gasteiger partial charge in [0.1, 0.15) is 5.75 Å². The summed E-state index contributed by atoms with van der Waals surface area (Å²) in [6, 6.07) is 15.0. The molecule has 2 aliphatic rings. The zero-order valence-corrected chi connectivity index (χ0v) is 13.4. The van der Waals surface area contributed by atoms with Crippen molar-refractivity contribution in [2.75, 3.05) is 7.11 Å². The standard InChI is InChI=1S/C18H14N4O3/c1-25-14-9-5-2-6-11(14)10-22-13-8-4-3-7-12(13)19-15-16(22)20-18(24)21-17(15)23/h2-9H,10H2,1H3,(H,21,23,24). The van der Waals surface area contributed by atoms with Crippen molar-refractivity contribution < 1.29 is 4.74 Å². The highest BCUT2D eigenvalue weighted by Crippen LogP contribution is 2.25. The number of benzene rings is 2. The molecule has 0 atom stereocenters. The minimum atomic E-state index is -0.691. The van der Waals surface area contributed by atoms with E-state index in [1.54, 1.807) is 7.11 Å². The fraction of sp³-hybridized carbons (Fsp3) is 0.111. The number of hydrogen-bond acceptors (Lipinski definition) is 5. The highest BCUT2D eigenvalue weighted by atomic mass is 16.5. The maximum Gasteiger partial charge on any atom is 0.349 e. The van der Waals surface area contributed by atoms with Gasteiger partial charge < -0.3 is 9.30 Å². The van der Waals surface area contributed by atoms with Crippen LogP contribution in [-0.4, -0.2) is 26.6 Å². The van der Waals surface area contributed by atoms with E-state index < -0.39 is 11.2 Å². The monoisotopic (exact) mass is 334 g/mol. The van der Waals surface area contributed by atoms with E-state index in [9.17, 15) is 9.59 Å². The molecule has 0 fully saturated rings. The average molecular weight is 334 g/mol. The minimum Gasteiger partial charge on any atom is -0.496 e. The SMILES string of the molecule is COc1ccccc1Cn1c2nc(=O)[nH]c(=O)c-2nc2ccccc21. The van der Waals surface area contributed by atoms with Gasteiger partial charge in [0.05, 0.1) is 24.7 Å². The summed E-state index contributed by atoms with van der Waals surface area (Å²) in [6.07, 6.45) is 0. The van der Waals surface area contributed by atoms with Gasteiger partial charge in [-0.05, 0) is 18.2 Å². The third-order valence-electron chi connectivity index (χ3n) is 4.04. The molecule has 25 heavy (non-hydrogen) atoms. The molecular weight excluding hydrogens is 320 g/mol. The smallest absolute Gasteiger partial charge is 0.349 e. The number of methoxy groups -OCH3 is 1. The van der Waals surface area contributed by atoms with E-state index in [1.165, 1.54) is 0 Å². The normalized spacial score (nSPS) is 11.1. The number of aromatic nitrogens is 4. The van der Waals surface area contributed by atoms with Crippen molar-refractivity contribution in [1.82, 2.24) is 19.5 Å². The van der Waals surface area contributed by atoms with Gasteiger partial charge in [0.25, 0.3) is 5.56 Å². The molecule has 2 aromatic rings. The number of rotatable bonds is 3. The Morgan fingerprint density at radius 2 is 1.80 bits per heavy atom. The van der Waals surface area contributed by atoms with E-state index in [2.05, 4.69) is 15.0 Å². The first-order valence-corrected chi connectivity index (χ1v) is 7.69. The summed E-state index contributed by atoms with van der Waals surface area (Å²) in [5.41, 5.74) is 1.22. The fourth-order valence-corrected chi connectivity index (χ4v) is 2.91. The predicted molar refractivity (Wildman–Crippen MR) is 93.1 cm³/mol. The molecule has 7 nitrogen and oxygen atoms in total. The largest absolute Gasteiger partial charge is 0.496 e. The lowest BCUT2D eigenvalue weighted by molar-refractivity contribution is 0.408. The predicted octanol–water partition coefficient (Wildman–Crippen LogP) is 1.64. The maximum absolute atomic E-state index is 12.2. The molecule has 1 N–H and O–H groups in total. The Balaban J connectivity index is 2.06. The third kappa shape index (κ3) is 2.55. The van der Waals surface area contributed by atoms with Crippen LogP contribution in [0.5, 0.6) is 5.75 Å². The molecule has 7 heteroatoms. The summed E-state index contributed by atoms with van der Waals surface area (Å²) in [6.45, 7) is 0.388. The number of H-pyrrole nitrogens is 1. The highest BCUT2D eigenvalue weighted by Gasteiger charge is 2.19. The number of ether oxygens (including phenoxy) is 1. The Bertz CT molecular complexity index is 1160. The first-order chi connectivity index (χ1) is 12.2. The molecule has 0 spiro atoms. The summed E-state index contributed by atoms with van der Waals surface area (Å²) >= 11 is 0. The second-order valence-corrected chi connectivity index (χ2v) is 5.54. The number of fused-ring (bicyclic) bond motifs is 2. The Morgan fingerprint density at radius 3 is 2.64 bits per heavy atom. The number of para-hydroxylation sites is 3. The van der Waals surface area contributed by atoms with E-state index in [0.717, 1.165) is 16.8 Å². The lowest BCUT2D eigenvalue weighted by atomic mass is 10.1. The molecule has 0 amide bonds. The van der Waals surface area contributed by atoms with Crippen molar-refractivity contribution in [3.63, 3.8) is 0 Å². The first-order valence-electron chi connectivity index (χ1n) is 7.69. The van der Waals surface area contributed by atoms with E-state index in [4.69, 9.17) is 4.74 Å². The lowest BCUT2D eigenvalue weighted by Crippen LogP contribution is -2.29. The highest BCUT2D eigenvalue weighted by molar-refractivity contribution is 5.79. The second kappa shape index (κ2) is 5.86. The second-order valence-electron chi connectivity index (χ2n) is 5.54. The molecule has 0 bridgehead atoms. The van der Waals surface area contributed by atoms with Gasteiger partial charge in [0, 0.05) is 5.56 Å². The minimum absolute atomic E-state index is 0.133. The molecule has 4 rings (SSSR count). The first kappa shape index (κ1) is 15.1. The van der Waals surface area contributed by atoms with Crippen LogP contribution in [0.25, 0.3) is 22.6 Å². The lowest BCUT2D eigenvalue weighted by Gasteiger charge is -2.17. The number of nitrogens with one attached hydrogen (secondary N) is 1. The molecular formula is C18H14N4O3. The topological polar surface area (TPSA) is 89.9 Å². The zero-order valence-electron chi connectivity index (χ0n) is 13.4. The van der Waals surface area contributed by atoms with Crippen LogP contribution in [-0.2, 0) is 6.54 Å². The molecule has 2 aliphatic heterocycles. The van der Waals surface area contributed by atoms with Gasteiger partial charge in [0.2, 0.25) is 0 Å². The van der Waals surface area contributed by atoms with Crippen LogP contribution in [0.15, 0.2) is 58.1 Å². The van der Waals surface area contributed by atoms with Crippen LogP contribution in [0.1, 0.15) is 5.56 Å². The van der Waals surface area contributed by atoms with Gasteiger partial charge in [-0.1, -0.05) is 30.3 Å². The molecule has 0 unspecified atom stereocenters. The average Bonchev–Trinajstić information content (AvgIpc) is 2.62. The third-order valence-corrected chi connectivity index (χ3v) is 4.04. The van der Waals surface area contributed by atoms with Crippen LogP contribution >= 0.6 is 0 Å². The van der Waals surface area contributed by atoms with Crippen LogP contribution in [0.4, 0.5) is 0 Å². The Morgan fingerprint density at radius 1 is 1.04 bits per heavy atom. The van der Waals surface area contributed by atoms with E-state index in [1.807, 2.05) is 53.1 Å². The maximum atomic E-state index is 12.2. The summed E-state index contributed by atoms with van der Waals surface area (Å²) < 4.78 is 7.22. The van der Waals surface area contributed by atoms with Crippen molar-refractivity contribution in [2.45, 2.75) is 6.54 Å². The van der Waals surface area contributed by atoms with Gasteiger partial charge in [-0.25, -0.2) is 9.78 Å². The van der Waals surface area contributed by atoms with Crippen molar-refractivity contribution in [2.24, 2.45) is 0 Å². The van der Waals surface area contributed by atoms with Gasteiger partial charge in [-0.3, -0.25) is 9.78 Å². The van der Waals surface area contributed by atoms with E-state index in [0.29, 0.717) is 12.1 Å². The van der Waals surface area contributed by atoms with Crippen LogP contribution in [0.2, 0.25) is 0 Å². The van der Waals surface area contributed by atoms with Crippen LogP contribution in [0.3, 0.4) is 0 Å². The number of hydrogen-bond donors (Lipinski definition) is 1. The summed E-state index contributed by atoms with van der Waals surface area (Å²) in [7, 11) is 1.60. The van der Waals surface area contributed by atoms with Gasteiger partial charge in [-0.15, -0.1) is 0 Å². The number of nitrogens with zero attached hydrogens (tertiary/aromatic N) is 3. The van der Waals surface area contributed by atoms with Crippen molar-refractivity contribution in [3.8, 4) is 17.3 Å². The summed E-state index contributed by atoms with van der Waals surface area (Å²) in [5.74, 6) is 0.967. The Labute approximate surface area is 141 Å². The molecule has 2 heterocycles. The molecule has 0 radical (unpaired) electrons. The molecule has 124 valence electrons. The summed E-state index contributed by atoms with van der Waals surface area (Å²) in [4.78, 5) is 34.4. The zero-order chi connectivity index (χ0) is 17.4. The van der Waals surface area contributed by atoms with Crippen molar-refractivity contribution >= 4 is 11.0 Å². The van der Waals surface area contributed by atoms with Crippen molar-refractivity contribution in [3.05, 3.63) is 74.9 Å². The Hall–Kier alpha value is -3.48. The van der Waals surface area contributed by atoms with Gasteiger partial charge in [-0.2, -0.15) is 4.98 Å². The molecule has 0 aliphatic carbocycles. The quantitative estimate of drug-likeness (QED) is 0.575. The van der Waals surface area contributed by atoms with Crippen LogP contribution < -0.4 is 16.0 Å². The summed E-state index contributed by atoms with van der Waals surface area (Å²) in [5, 5.41) is 0. The Kier molecular flexibility index (Phi) is 3.53. The van der Waals surface area contributed by atoms with Crippen LogP contribution in [0, 0.1) is 0 Å². The van der Waals surface area contributed by atoms with E-state index in [-0.39, 0.29) is 11.5 Å². The van der Waals surface area contributed by atoms with Gasteiger partial charge in [0.15, 0.2) is 11.5 Å². The molecule has 2 aromatic carbocycles. The fourth-order valence-electron chi connectivity index (χ4n) is 2.91. The molecule has 0 aromatic heterocycles. The molecule has 0 saturated heterocycles. The number of aromatic amines is 1. The van der Waals surface area contributed by atoms with Gasteiger partial charge >= 0.3 is 5.69 Å². The van der Waals surface area contributed by atoms with Crippen molar-refractivity contribution in [1.29, 1.82) is 0 Å².